The highest BCUT2D eigenvalue weighted by atomic mass is 32.1. The van der Waals surface area contributed by atoms with Gasteiger partial charge in [-0.25, -0.2) is 0 Å². The zero-order chi connectivity index (χ0) is 15.6. The van der Waals surface area contributed by atoms with Crippen LogP contribution in [0.25, 0.3) is 0 Å². The van der Waals surface area contributed by atoms with Crippen LogP contribution in [0, 0.1) is 5.92 Å². The van der Waals surface area contributed by atoms with E-state index in [1.165, 1.54) is 103 Å². The first-order valence-corrected chi connectivity index (χ1v) is 10.5. The summed E-state index contributed by atoms with van der Waals surface area (Å²) in [6.45, 7) is 4.67. The van der Waals surface area contributed by atoms with Gasteiger partial charge >= 0.3 is 0 Å². The van der Waals surface area contributed by atoms with Gasteiger partial charge in [-0.05, 0) is 18.1 Å². The van der Waals surface area contributed by atoms with E-state index < -0.39 is 0 Å². The predicted octanol–water partition coefficient (Wildman–Crippen LogP) is 7.81. The summed E-state index contributed by atoms with van der Waals surface area (Å²) in [7, 11) is 0. The number of unbranched alkanes of at least 4 members (excludes halogenated alkanes) is 13. The van der Waals surface area contributed by atoms with E-state index in [0.29, 0.717) is 0 Å². The van der Waals surface area contributed by atoms with E-state index in [1.807, 2.05) is 0 Å². The lowest BCUT2D eigenvalue weighted by molar-refractivity contribution is 0.471. The smallest absolute Gasteiger partial charge is 0.00954 e. The predicted molar refractivity (Wildman–Crippen MR) is 103 cm³/mol. The fourth-order valence-electron chi connectivity index (χ4n) is 3.05. The monoisotopic (exact) mass is 314 g/mol. The van der Waals surface area contributed by atoms with Crippen LogP contribution in [0.2, 0.25) is 0 Å². The minimum Gasteiger partial charge on any atom is -0.179 e. The molecular weight excluding hydrogens is 272 g/mol. The van der Waals surface area contributed by atoms with Gasteiger partial charge in [0.1, 0.15) is 0 Å². The zero-order valence-corrected chi connectivity index (χ0v) is 15.9. The number of rotatable bonds is 17. The second-order valence-corrected chi connectivity index (χ2v) is 7.45. The molecule has 0 aromatic carbocycles. The van der Waals surface area contributed by atoms with E-state index in [2.05, 4.69) is 26.5 Å². The molecule has 0 saturated heterocycles. The van der Waals surface area contributed by atoms with Gasteiger partial charge in [-0.15, -0.1) is 0 Å². The molecule has 0 bridgehead atoms. The molecule has 1 atom stereocenters. The minimum atomic E-state index is 0.889. The summed E-state index contributed by atoms with van der Waals surface area (Å²) in [4.78, 5) is 0. The first kappa shape index (κ1) is 21.4. The van der Waals surface area contributed by atoms with Crippen molar-refractivity contribution in [3.8, 4) is 0 Å². The highest BCUT2D eigenvalue weighted by Crippen LogP contribution is 2.16. The maximum absolute atomic E-state index is 4.31. The standard InChI is InChI=1S/C20H42S/c1-3-4-5-6-7-8-9-10-11-12-13-14-15-16-17-20(2)18-19-21/h20-21H,3-19H2,1-2H3. The molecule has 0 aromatic heterocycles. The van der Waals surface area contributed by atoms with E-state index in [1.54, 1.807) is 0 Å². The maximum atomic E-state index is 4.31. The quantitative estimate of drug-likeness (QED) is 0.205. The zero-order valence-electron chi connectivity index (χ0n) is 15.0. The Labute approximate surface area is 141 Å². The fourth-order valence-corrected chi connectivity index (χ4v) is 3.49. The van der Waals surface area contributed by atoms with Crippen molar-refractivity contribution in [2.24, 2.45) is 5.92 Å². The van der Waals surface area contributed by atoms with Gasteiger partial charge in [-0.1, -0.05) is 110 Å². The SMILES string of the molecule is CCCCCCCCCCCCCCCCC(C)CCS. The van der Waals surface area contributed by atoms with E-state index in [4.69, 9.17) is 0 Å². The van der Waals surface area contributed by atoms with Crippen LogP contribution in [0.3, 0.4) is 0 Å². The summed E-state index contributed by atoms with van der Waals surface area (Å²) in [5.41, 5.74) is 0. The summed E-state index contributed by atoms with van der Waals surface area (Å²) < 4.78 is 0. The van der Waals surface area contributed by atoms with Gasteiger partial charge in [0.15, 0.2) is 0 Å². The summed E-state index contributed by atoms with van der Waals surface area (Å²) >= 11 is 4.31. The Morgan fingerprint density at radius 2 is 0.952 bits per heavy atom. The van der Waals surface area contributed by atoms with Crippen LogP contribution in [-0.2, 0) is 0 Å². The van der Waals surface area contributed by atoms with Crippen molar-refractivity contribution in [3.05, 3.63) is 0 Å². The molecule has 0 rings (SSSR count). The third-order valence-corrected chi connectivity index (χ3v) is 4.93. The van der Waals surface area contributed by atoms with Crippen molar-refractivity contribution in [2.45, 2.75) is 117 Å². The molecule has 0 saturated carbocycles. The Bertz CT molecular complexity index is 179. The van der Waals surface area contributed by atoms with Crippen molar-refractivity contribution in [1.29, 1.82) is 0 Å². The Hall–Kier alpha value is 0.350. The van der Waals surface area contributed by atoms with Crippen molar-refractivity contribution < 1.29 is 0 Å². The Balaban J connectivity index is 2.99. The summed E-state index contributed by atoms with van der Waals surface area (Å²) in [5, 5.41) is 0. The van der Waals surface area contributed by atoms with E-state index in [0.717, 1.165) is 11.7 Å². The van der Waals surface area contributed by atoms with Gasteiger partial charge in [0.05, 0.1) is 0 Å². The van der Waals surface area contributed by atoms with Crippen LogP contribution < -0.4 is 0 Å². The Kier molecular flexibility index (Phi) is 18.7. The van der Waals surface area contributed by atoms with Crippen molar-refractivity contribution in [1.82, 2.24) is 0 Å². The largest absolute Gasteiger partial charge is 0.179 e. The molecule has 0 fully saturated rings. The van der Waals surface area contributed by atoms with Gasteiger partial charge in [-0.3, -0.25) is 0 Å². The van der Waals surface area contributed by atoms with Crippen molar-refractivity contribution >= 4 is 12.6 Å². The second-order valence-electron chi connectivity index (χ2n) is 7.00. The molecule has 0 aromatic rings. The normalized spacial score (nSPS) is 12.7. The molecule has 0 amide bonds. The van der Waals surface area contributed by atoms with Crippen molar-refractivity contribution in [3.63, 3.8) is 0 Å². The number of hydrogen-bond acceptors (Lipinski definition) is 1. The lowest BCUT2D eigenvalue weighted by Gasteiger charge is -2.08. The highest BCUT2D eigenvalue weighted by Gasteiger charge is 2.00. The van der Waals surface area contributed by atoms with Crippen LogP contribution in [0.5, 0.6) is 0 Å². The highest BCUT2D eigenvalue weighted by molar-refractivity contribution is 7.80. The molecule has 0 aliphatic heterocycles. The molecule has 0 aliphatic rings. The van der Waals surface area contributed by atoms with Gasteiger partial charge in [-0.2, -0.15) is 12.6 Å². The third kappa shape index (κ3) is 18.3. The van der Waals surface area contributed by atoms with Crippen LogP contribution in [0.1, 0.15) is 117 Å². The van der Waals surface area contributed by atoms with Gasteiger partial charge in [0, 0.05) is 0 Å². The van der Waals surface area contributed by atoms with E-state index in [-0.39, 0.29) is 0 Å². The van der Waals surface area contributed by atoms with Gasteiger partial charge in [0.25, 0.3) is 0 Å². The lowest BCUT2D eigenvalue weighted by Crippen LogP contribution is -1.95. The molecule has 0 spiro atoms. The number of hydrogen-bond donors (Lipinski definition) is 1. The molecule has 1 heteroatoms. The molecule has 0 heterocycles. The Morgan fingerprint density at radius 3 is 1.33 bits per heavy atom. The summed E-state index contributed by atoms with van der Waals surface area (Å²) in [6, 6.07) is 0. The van der Waals surface area contributed by atoms with Gasteiger partial charge in [0.2, 0.25) is 0 Å². The molecule has 128 valence electrons. The average molecular weight is 315 g/mol. The van der Waals surface area contributed by atoms with Crippen LogP contribution in [0.4, 0.5) is 0 Å². The maximum Gasteiger partial charge on any atom is -0.00954 e. The van der Waals surface area contributed by atoms with Crippen molar-refractivity contribution in [2.75, 3.05) is 5.75 Å². The topological polar surface area (TPSA) is 0 Å². The molecule has 0 N–H and O–H groups in total. The van der Waals surface area contributed by atoms with Gasteiger partial charge < -0.3 is 0 Å². The average Bonchev–Trinajstić information content (AvgIpc) is 2.48. The van der Waals surface area contributed by atoms with E-state index in [9.17, 15) is 0 Å². The molecule has 0 nitrogen and oxygen atoms in total. The molecule has 0 radical (unpaired) electrons. The fraction of sp³-hybridized carbons (Fsp3) is 1.00. The molecule has 0 aliphatic carbocycles. The van der Waals surface area contributed by atoms with E-state index >= 15 is 0 Å². The molecular formula is C20H42S. The first-order chi connectivity index (χ1) is 10.3. The third-order valence-electron chi connectivity index (χ3n) is 4.67. The van der Waals surface area contributed by atoms with Crippen LogP contribution in [0.15, 0.2) is 0 Å². The van der Waals surface area contributed by atoms with Crippen LogP contribution in [-0.4, -0.2) is 5.75 Å². The second kappa shape index (κ2) is 18.4. The first-order valence-electron chi connectivity index (χ1n) is 9.92. The number of thiol groups is 1. The Morgan fingerprint density at radius 1 is 0.571 bits per heavy atom. The molecule has 1 unspecified atom stereocenters. The van der Waals surface area contributed by atoms with Crippen LogP contribution >= 0.6 is 12.6 Å². The summed E-state index contributed by atoms with van der Waals surface area (Å²) in [5.74, 6) is 1.94. The lowest BCUT2D eigenvalue weighted by atomic mass is 9.99. The minimum absolute atomic E-state index is 0.889. The molecule has 21 heavy (non-hydrogen) atoms. The summed E-state index contributed by atoms with van der Waals surface area (Å²) in [6.07, 6.45) is 23.1.